The molecule has 0 fully saturated rings. The van der Waals surface area contributed by atoms with Gasteiger partial charge < -0.3 is 5.32 Å². The number of hydrogen-bond acceptors (Lipinski definition) is 4. The molecule has 16 heavy (non-hydrogen) atoms. The molecular formula is C10H19N3O2S. The van der Waals surface area contributed by atoms with Crippen LogP contribution in [0.4, 0.5) is 0 Å². The summed E-state index contributed by atoms with van der Waals surface area (Å²) in [6.45, 7) is 5.42. The Morgan fingerprint density at radius 1 is 1.50 bits per heavy atom. The molecule has 0 aliphatic carbocycles. The van der Waals surface area contributed by atoms with Gasteiger partial charge in [-0.05, 0) is 19.5 Å². The van der Waals surface area contributed by atoms with Crippen LogP contribution in [0.15, 0.2) is 12.3 Å². The quantitative estimate of drug-likeness (QED) is 0.797. The Morgan fingerprint density at radius 2 is 2.19 bits per heavy atom. The lowest BCUT2D eigenvalue weighted by Gasteiger charge is -2.17. The predicted octanol–water partition coefficient (Wildman–Crippen LogP) is 0.598. The van der Waals surface area contributed by atoms with Gasteiger partial charge in [-0.1, -0.05) is 6.92 Å². The molecule has 1 atom stereocenters. The molecule has 0 aromatic carbocycles. The largest absolute Gasteiger partial charge is 0.308 e. The van der Waals surface area contributed by atoms with Crippen molar-refractivity contribution < 1.29 is 8.42 Å². The molecule has 1 N–H and O–H groups in total. The lowest BCUT2D eigenvalue weighted by atomic mass is 10.2. The van der Waals surface area contributed by atoms with Gasteiger partial charge in [-0.15, -0.1) is 0 Å². The Morgan fingerprint density at radius 3 is 2.69 bits per heavy atom. The zero-order valence-electron chi connectivity index (χ0n) is 9.97. The van der Waals surface area contributed by atoms with Crippen LogP contribution in [0.1, 0.15) is 25.6 Å². The maximum absolute atomic E-state index is 11.3. The summed E-state index contributed by atoms with van der Waals surface area (Å²) in [5, 5.41) is 7.33. The molecule has 5 nitrogen and oxygen atoms in total. The Kier molecular flexibility index (Phi) is 4.49. The standard InChI is InChI=1S/C10H19N3O2S/c1-4-11-9(8-16(3,14)15)10-6-7-12-13(10)5-2/h6-7,9,11H,4-5,8H2,1-3H3. The van der Waals surface area contributed by atoms with E-state index in [1.807, 2.05) is 24.6 Å². The maximum atomic E-state index is 11.3. The summed E-state index contributed by atoms with van der Waals surface area (Å²) < 4.78 is 24.5. The van der Waals surface area contributed by atoms with E-state index in [9.17, 15) is 8.42 Å². The van der Waals surface area contributed by atoms with Crippen LogP contribution >= 0.6 is 0 Å². The molecule has 1 aromatic heterocycles. The number of nitrogens with one attached hydrogen (secondary N) is 1. The third-order valence-electron chi connectivity index (χ3n) is 2.33. The average Bonchev–Trinajstić information content (AvgIpc) is 2.62. The third-order valence-corrected chi connectivity index (χ3v) is 3.26. The molecule has 0 bridgehead atoms. The van der Waals surface area contributed by atoms with Crippen LogP contribution in [-0.4, -0.2) is 36.8 Å². The smallest absolute Gasteiger partial charge is 0.149 e. The molecule has 1 heterocycles. The Labute approximate surface area is 96.8 Å². The maximum Gasteiger partial charge on any atom is 0.149 e. The average molecular weight is 245 g/mol. The summed E-state index contributed by atoms with van der Waals surface area (Å²) >= 11 is 0. The van der Waals surface area contributed by atoms with Gasteiger partial charge in [-0.3, -0.25) is 4.68 Å². The first kappa shape index (κ1) is 13.2. The molecule has 1 aromatic rings. The summed E-state index contributed by atoms with van der Waals surface area (Å²) in [7, 11) is -3.00. The molecule has 0 saturated carbocycles. The summed E-state index contributed by atoms with van der Waals surface area (Å²) in [4.78, 5) is 0. The van der Waals surface area contributed by atoms with Gasteiger partial charge in [0.1, 0.15) is 9.84 Å². The monoisotopic (exact) mass is 245 g/mol. The number of aromatic nitrogens is 2. The van der Waals surface area contributed by atoms with Crippen molar-refractivity contribution in [3.8, 4) is 0 Å². The third kappa shape index (κ3) is 3.61. The van der Waals surface area contributed by atoms with E-state index >= 15 is 0 Å². The number of sulfone groups is 1. The minimum Gasteiger partial charge on any atom is -0.308 e. The highest BCUT2D eigenvalue weighted by atomic mass is 32.2. The topological polar surface area (TPSA) is 64.0 Å². The van der Waals surface area contributed by atoms with Crippen LogP contribution in [0, 0.1) is 0 Å². The summed E-state index contributed by atoms with van der Waals surface area (Å²) in [6.07, 6.45) is 2.95. The molecule has 0 amide bonds. The van der Waals surface area contributed by atoms with Gasteiger partial charge in [0.05, 0.1) is 17.5 Å². The van der Waals surface area contributed by atoms with Crippen LogP contribution in [0.2, 0.25) is 0 Å². The van der Waals surface area contributed by atoms with Gasteiger partial charge in [0.25, 0.3) is 0 Å². The molecular weight excluding hydrogens is 226 g/mol. The normalized spacial score (nSPS) is 13.9. The van der Waals surface area contributed by atoms with Crippen molar-refractivity contribution in [2.75, 3.05) is 18.6 Å². The lowest BCUT2D eigenvalue weighted by molar-refractivity contribution is 0.514. The fraction of sp³-hybridized carbons (Fsp3) is 0.700. The van der Waals surface area contributed by atoms with E-state index in [-0.39, 0.29) is 11.8 Å². The van der Waals surface area contributed by atoms with Crippen LogP contribution < -0.4 is 5.32 Å². The lowest BCUT2D eigenvalue weighted by Crippen LogP contribution is -2.29. The van der Waals surface area contributed by atoms with Crippen LogP contribution in [0.5, 0.6) is 0 Å². The van der Waals surface area contributed by atoms with E-state index in [4.69, 9.17) is 0 Å². The first-order valence-corrected chi connectivity index (χ1v) is 7.46. The SMILES string of the molecule is CCNC(CS(C)(=O)=O)c1ccnn1CC. The molecule has 1 unspecified atom stereocenters. The number of nitrogens with zero attached hydrogens (tertiary/aromatic N) is 2. The van der Waals surface area contributed by atoms with Crippen molar-refractivity contribution in [3.05, 3.63) is 18.0 Å². The van der Waals surface area contributed by atoms with E-state index in [1.54, 1.807) is 6.20 Å². The molecule has 0 aliphatic heterocycles. The molecule has 92 valence electrons. The van der Waals surface area contributed by atoms with Gasteiger partial charge in [0, 0.05) is 19.0 Å². The van der Waals surface area contributed by atoms with E-state index in [0.29, 0.717) is 0 Å². The first-order valence-electron chi connectivity index (χ1n) is 5.40. The minimum absolute atomic E-state index is 0.104. The van der Waals surface area contributed by atoms with Crippen LogP contribution in [0.25, 0.3) is 0 Å². The second kappa shape index (κ2) is 5.45. The number of aryl methyl sites for hydroxylation is 1. The minimum atomic E-state index is -3.00. The summed E-state index contributed by atoms with van der Waals surface area (Å²) in [5.74, 6) is 0.104. The van der Waals surface area contributed by atoms with Gasteiger partial charge in [-0.25, -0.2) is 8.42 Å². The van der Waals surface area contributed by atoms with Gasteiger partial charge in [0.2, 0.25) is 0 Å². The van der Waals surface area contributed by atoms with Gasteiger partial charge in [0.15, 0.2) is 0 Å². The second-order valence-corrected chi connectivity index (χ2v) is 5.96. The Balaban J connectivity index is 2.93. The molecule has 0 aliphatic rings. The molecule has 0 saturated heterocycles. The fourth-order valence-electron chi connectivity index (χ4n) is 1.70. The number of rotatable bonds is 6. The van der Waals surface area contributed by atoms with Crippen molar-refractivity contribution in [2.24, 2.45) is 0 Å². The zero-order valence-corrected chi connectivity index (χ0v) is 10.8. The molecule has 0 spiro atoms. The highest BCUT2D eigenvalue weighted by Crippen LogP contribution is 2.14. The van der Waals surface area contributed by atoms with Crippen molar-refractivity contribution in [1.82, 2.24) is 15.1 Å². The molecule has 0 radical (unpaired) electrons. The Bertz CT molecular complexity index is 425. The van der Waals surface area contributed by atoms with Crippen molar-refractivity contribution in [3.63, 3.8) is 0 Å². The van der Waals surface area contributed by atoms with E-state index in [1.165, 1.54) is 6.26 Å². The fourth-order valence-corrected chi connectivity index (χ4v) is 2.60. The van der Waals surface area contributed by atoms with Crippen molar-refractivity contribution in [2.45, 2.75) is 26.4 Å². The van der Waals surface area contributed by atoms with Crippen molar-refractivity contribution >= 4 is 9.84 Å². The van der Waals surface area contributed by atoms with E-state index in [0.717, 1.165) is 18.8 Å². The van der Waals surface area contributed by atoms with Gasteiger partial charge in [-0.2, -0.15) is 5.10 Å². The van der Waals surface area contributed by atoms with E-state index in [2.05, 4.69) is 10.4 Å². The zero-order chi connectivity index (χ0) is 12.2. The van der Waals surface area contributed by atoms with Crippen molar-refractivity contribution in [1.29, 1.82) is 0 Å². The van der Waals surface area contributed by atoms with Crippen LogP contribution in [0.3, 0.4) is 0 Å². The van der Waals surface area contributed by atoms with Crippen LogP contribution in [-0.2, 0) is 16.4 Å². The number of hydrogen-bond donors (Lipinski definition) is 1. The highest BCUT2D eigenvalue weighted by Gasteiger charge is 2.19. The highest BCUT2D eigenvalue weighted by molar-refractivity contribution is 7.90. The molecule has 1 rings (SSSR count). The first-order chi connectivity index (χ1) is 7.48. The molecule has 6 heteroatoms. The Hall–Kier alpha value is -0.880. The summed E-state index contributed by atoms with van der Waals surface area (Å²) in [6, 6.07) is 1.68. The summed E-state index contributed by atoms with van der Waals surface area (Å²) in [5.41, 5.74) is 0.926. The van der Waals surface area contributed by atoms with E-state index < -0.39 is 9.84 Å². The predicted molar refractivity (Wildman–Crippen MR) is 64.0 cm³/mol. The second-order valence-electron chi connectivity index (χ2n) is 3.77. The van der Waals surface area contributed by atoms with Gasteiger partial charge >= 0.3 is 0 Å².